The number of anilines is 1. The third-order valence-corrected chi connectivity index (χ3v) is 6.65. The Hall–Kier alpha value is -2.35. The zero-order valence-electron chi connectivity index (χ0n) is 16.8. The van der Waals surface area contributed by atoms with Crippen LogP contribution in [0.4, 0.5) is 5.69 Å². The lowest BCUT2D eigenvalue weighted by Gasteiger charge is -2.45. The molecule has 0 bridgehead atoms. The van der Waals surface area contributed by atoms with Gasteiger partial charge in [0, 0.05) is 29.4 Å². The second-order valence-electron chi connectivity index (χ2n) is 9.28. The van der Waals surface area contributed by atoms with E-state index in [0.717, 1.165) is 31.1 Å². The molecule has 2 aliphatic rings. The molecule has 0 N–H and O–H groups in total. The predicted octanol–water partition coefficient (Wildman–Crippen LogP) is 5.53. The number of hydrogen-bond acceptors (Lipinski definition) is 2. The number of benzene rings is 2. The van der Waals surface area contributed by atoms with Gasteiger partial charge in [0.2, 0.25) is 0 Å². The van der Waals surface area contributed by atoms with Crippen LogP contribution in [-0.2, 0) is 16.6 Å². The minimum Gasteiger partial charge on any atom is -0.347 e. The number of allylic oxidation sites excluding steroid dienone is 2. The van der Waals surface area contributed by atoms with E-state index < -0.39 is 0 Å². The molecule has 2 nitrogen and oxygen atoms in total. The SMILES string of the molecule is CN1C2=C(C=O)CC(C(C)(C)C)CC2(Cc2ccccc2)c2ccccc21. The Morgan fingerprint density at radius 3 is 2.41 bits per heavy atom. The average molecular weight is 360 g/mol. The quantitative estimate of drug-likeness (QED) is 0.672. The highest BCUT2D eigenvalue weighted by Crippen LogP contribution is 2.58. The van der Waals surface area contributed by atoms with Gasteiger partial charge in [-0.15, -0.1) is 0 Å². The maximum Gasteiger partial charge on any atom is 0.147 e. The summed E-state index contributed by atoms with van der Waals surface area (Å²) in [6.45, 7) is 6.93. The first-order chi connectivity index (χ1) is 12.9. The fraction of sp³-hybridized carbons (Fsp3) is 0.400. The minimum atomic E-state index is -0.126. The van der Waals surface area contributed by atoms with Gasteiger partial charge >= 0.3 is 0 Å². The first-order valence-corrected chi connectivity index (χ1v) is 9.93. The molecule has 0 amide bonds. The van der Waals surface area contributed by atoms with Crippen LogP contribution in [0.5, 0.6) is 0 Å². The van der Waals surface area contributed by atoms with E-state index in [-0.39, 0.29) is 10.8 Å². The van der Waals surface area contributed by atoms with Crippen molar-refractivity contribution in [2.75, 3.05) is 11.9 Å². The van der Waals surface area contributed by atoms with E-state index in [1.807, 2.05) is 0 Å². The van der Waals surface area contributed by atoms with Crippen LogP contribution >= 0.6 is 0 Å². The summed E-state index contributed by atoms with van der Waals surface area (Å²) in [5.41, 5.74) is 6.20. The molecule has 27 heavy (non-hydrogen) atoms. The van der Waals surface area contributed by atoms with Crippen LogP contribution < -0.4 is 4.90 Å². The molecule has 0 saturated carbocycles. The van der Waals surface area contributed by atoms with Crippen LogP contribution in [0.3, 0.4) is 0 Å². The van der Waals surface area contributed by atoms with Crippen molar-refractivity contribution < 1.29 is 4.79 Å². The molecule has 4 rings (SSSR count). The molecule has 0 fully saturated rings. The Labute approximate surface area is 162 Å². The van der Waals surface area contributed by atoms with Crippen LogP contribution in [0.25, 0.3) is 0 Å². The van der Waals surface area contributed by atoms with E-state index in [0.29, 0.717) is 5.92 Å². The van der Waals surface area contributed by atoms with Crippen molar-refractivity contribution in [1.29, 1.82) is 0 Å². The van der Waals surface area contributed by atoms with E-state index in [9.17, 15) is 4.79 Å². The zero-order chi connectivity index (χ0) is 19.2. The molecule has 140 valence electrons. The minimum absolute atomic E-state index is 0.126. The molecular weight excluding hydrogens is 330 g/mol. The smallest absolute Gasteiger partial charge is 0.147 e. The summed E-state index contributed by atoms with van der Waals surface area (Å²) in [5.74, 6) is 0.477. The highest BCUT2D eigenvalue weighted by molar-refractivity contribution is 5.83. The van der Waals surface area contributed by atoms with Crippen LogP contribution in [0.1, 0.15) is 44.7 Å². The molecule has 2 aromatic rings. The van der Waals surface area contributed by atoms with E-state index in [1.165, 1.54) is 22.5 Å². The van der Waals surface area contributed by atoms with Crippen LogP contribution in [0.2, 0.25) is 0 Å². The Morgan fingerprint density at radius 1 is 1.07 bits per heavy atom. The van der Waals surface area contributed by atoms with Gasteiger partial charge < -0.3 is 4.90 Å². The van der Waals surface area contributed by atoms with Crippen molar-refractivity contribution in [2.24, 2.45) is 11.3 Å². The second kappa shape index (κ2) is 6.37. The normalized spacial score (nSPS) is 24.6. The predicted molar refractivity (Wildman–Crippen MR) is 112 cm³/mol. The molecule has 0 saturated heterocycles. The molecular formula is C25H29NO. The molecule has 1 aliphatic carbocycles. The van der Waals surface area contributed by atoms with Gasteiger partial charge in [0.15, 0.2) is 0 Å². The number of aldehydes is 1. The first kappa shape index (κ1) is 18.0. The topological polar surface area (TPSA) is 20.3 Å². The Balaban J connectivity index is 1.96. The molecule has 2 unspecified atom stereocenters. The molecule has 2 aromatic carbocycles. The number of fused-ring (bicyclic) bond motifs is 3. The van der Waals surface area contributed by atoms with Crippen LogP contribution in [0.15, 0.2) is 65.9 Å². The van der Waals surface area contributed by atoms with Crippen molar-refractivity contribution in [3.05, 3.63) is 77.0 Å². The lowest BCUT2D eigenvalue weighted by atomic mass is 9.59. The Bertz CT molecular complexity index is 890. The second-order valence-corrected chi connectivity index (χ2v) is 9.28. The van der Waals surface area contributed by atoms with Crippen LogP contribution in [-0.4, -0.2) is 13.3 Å². The summed E-state index contributed by atoms with van der Waals surface area (Å²) in [6.07, 6.45) is 4.01. The molecule has 0 radical (unpaired) electrons. The van der Waals surface area contributed by atoms with Crippen molar-refractivity contribution in [3.63, 3.8) is 0 Å². The fourth-order valence-corrected chi connectivity index (χ4v) is 5.24. The van der Waals surface area contributed by atoms with E-state index in [1.54, 1.807) is 0 Å². The lowest BCUT2D eigenvalue weighted by Crippen LogP contribution is -2.42. The summed E-state index contributed by atoms with van der Waals surface area (Å²) >= 11 is 0. The Kier molecular flexibility index (Phi) is 4.25. The highest BCUT2D eigenvalue weighted by atomic mass is 16.1. The molecule has 2 heteroatoms. The van der Waals surface area contributed by atoms with Crippen molar-refractivity contribution in [1.82, 2.24) is 0 Å². The van der Waals surface area contributed by atoms with Crippen molar-refractivity contribution in [3.8, 4) is 0 Å². The van der Waals surface area contributed by atoms with Crippen LogP contribution in [0, 0.1) is 11.3 Å². The average Bonchev–Trinajstić information content (AvgIpc) is 2.90. The van der Waals surface area contributed by atoms with E-state index in [4.69, 9.17) is 0 Å². The monoisotopic (exact) mass is 359 g/mol. The summed E-state index contributed by atoms with van der Waals surface area (Å²) in [7, 11) is 2.13. The molecule has 0 aromatic heterocycles. The van der Waals surface area contributed by atoms with Gasteiger partial charge in [-0.2, -0.15) is 0 Å². The van der Waals surface area contributed by atoms with Crippen molar-refractivity contribution >= 4 is 12.0 Å². The Morgan fingerprint density at radius 2 is 1.74 bits per heavy atom. The third-order valence-electron chi connectivity index (χ3n) is 6.65. The fourth-order valence-electron chi connectivity index (χ4n) is 5.24. The summed E-state index contributed by atoms with van der Waals surface area (Å²) in [4.78, 5) is 14.5. The summed E-state index contributed by atoms with van der Waals surface area (Å²) in [5, 5.41) is 0. The maximum atomic E-state index is 12.2. The lowest BCUT2D eigenvalue weighted by molar-refractivity contribution is -0.105. The molecule has 0 spiro atoms. The van der Waals surface area contributed by atoms with E-state index in [2.05, 4.69) is 87.3 Å². The van der Waals surface area contributed by atoms with E-state index >= 15 is 0 Å². The number of nitrogens with zero attached hydrogens (tertiary/aromatic N) is 1. The largest absolute Gasteiger partial charge is 0.347 e. The van der Waals surface area contributed by atoms with Gasteiger partial charge in [-0.05, 0) is 47.8 Å². The number of para-hydroxylation sites is 1. The number of carbonyl (C=O) groups is 1. The summed E-state index contributed by atoms with van der Waals surface area (Å²) in [6, 6.07) is 19.5. The van der Waals surface area contributed by atoms with Gasteiger partial charge in [0.05, 0.1) is 0 Å². The summed E-state index contributed by atoms with van der Waals surface area (Å²) < 4.78 is 0. The highest BCUT2D eigenvalue weighted by Gasteiger charge is 2.52. The third kappa shape index (κ3) is 2.82. The standard InChI is InChI=1S/C25H29NO/c1-24(2,3)20-14-19(17-27)23-25(16-20,15-18-10-6-5-7-11-18)21-12-8-9-13-22(21)26(23)4/h5-13,17,20H,14-16H2,1-4H3. The first-order valence-electron chi connectivity index (χ1n) is 9.93. The van der Waals surface area contributed by atoms with Crippen molar-refractivity contribution in [2.45, 2.75) is 45.4 Å². The zero-order valence-corrected chi connectivity index (χ0v) is 16.8. The van der Waals surface area contributed by atoms with Gasteiger partial charge in [-0.25, -0.2) is 0 Å². The number of rotatable bonds is 3. The molecule has 1 heterocycles. The van der Waals surface area contributed by atoms with Gasteiger partial charge in [0.25, 0.3) is 0 Å². The van der Waals surface area contributed by atoms with Gasteiger partial charge in [-0.1, -0.05) is 69.3 Å². The number of likely N-dealkylation sites (N-methyl/N-ethyl adjacent to an activating group) is 1. The maximum absolute atomic E-state index is 12.2. The molecule has 1 aliphatic heterocycles. The van der Waals surface area contributed by atoms with Gasteiger partial charge in [-0.3, -0.25) is 4.79 Å². The number of carbonyl (C=O) groups excluding carboxylic acids is 1. The molecule has 2 atom stereocenters. The number of hydrogen-bond donors (Lipinski definition) is 0. The van der Waals surface area contributed by atoms with Gasteiger partial charge in [0.1, 0.15) is 6.29 Å².